The van der Waals surface area contributed by atoms with E-state index in [9.17, 15) is 4.79 Å². The molecule has 0 spiro atoms. The van der Waals surface area contributed by atoms with Gasteiger partial charge in [0.2, 0.25) is 0 Å². The second kappa shape index (κ2) is 9.34. The number of pyridine rings is 1. The molecule has 1 aromatic heterocycles. The monoisotopic (exact) mass is 501 g/mol. The SMILES string of the molecule is Cc1[nH]cc2c(=O)n(-c3ccc(Cl)cc3)nc-2c1-c1ccc(-c2[nH]nnc2CN2CCOCC2)cc1. The van der Waals surface area contributed by atoms with Crippen LogP contribution in [-0.2, 0) is 11.3 Å². The van der Waals surface area contributed by atoms with Crippen LogP contribution in [0.4, 0.5) is 0 Å². The first-order chi connectivity index (χ1) is 17.6. The van der Waals surface area contributed by atoms with Crippen LogP contribution >= 0.6 is 11.6 Å². The molecule has 36 heavy (non-hydrogen) atoms. The number of rotatable bonds is 5. The second-order valence-corrected chi connectivity index (χ2v) is 9.28. The summed E-state index contributed by atoms with van der Waals surface area (Å²) in [5.41, 5.74) is 7.25. The highest BCUT2D eigenvalue weighted by Gasteiger charge is 2.23. The number of morpholine rings is 1. The van der Waals surface area contributed by atoms with Crippen LogP contribution in [0.25, 0.3) is 39.3 Å². The molecule has 0 aliphatic carbocycles. The van der Waals surface area contributed by atoms with Crippen LogP contribution < -0.4 is 5.56 Å². The van der Waals surface area contributed by atoms with Crippen molar-refractivity contribution in [2.24, 2.45) is 0 Å². The van der Waals surface area contributed by atoms with E-state index in [-0.39, 0.29) is 5.56 Å². The summed E-state index contributed by atoms with van der Waals surface area (Å²) in [5, 5.41) is 16.7. The van der Waals surface area contributed by atoms with E-state index in [4.69, 9.17) is 21.4 Å². The minimum absolute atomic E-state index is 0.183. The van der Waals surface area contributed by atoms with Gasteiger partial charge >= 0.3 is 0 Å². The highest BCUT2D eigenvalue weighted by molar-refractivity contribution is 6.30. The van der Waals surface area contributed by atoms with E-state index in [1.165, 1.54) is 4.68 Å². The lowest BCUT2D eigenvalue weighted by Gasteiger charge is -2.25. The molecule has 2 aromatic carbocycles. The summed E-state index contributed by atoms with van der Waals surface area (Å²) in [6.07, 6.45) is 1.72. The number of aryl methyl sites for hydroxylation is 1. The van der Waals surface area contributed by atoms with Gasteiger partial charge in [0.15, 0.2) is 0 Å². The van der Waals surface area contributed by atoms with Crippen LogP contribution in [0.3, 0.4) is 0 Å². The molecule has 0 unspecified atom stereocenters. The van der Waals surface area contributed by atoms with Gasteiger partial charge in [-0.05, 0) is 36.8 Å². The fourth-order valence-corrected chi connectivity index (χ4v) is 4.76. The molecule has 0 bridgehead atoms. The third-order valence-electron chi connectivity index (χ3n) is 6.55. The van der Waals surface area contributed by atoms with Gasteiger partial charge in [0.1, 0.15) is 11.4 Å². The number of benzene rings is 2. The van der Waals surface area contributed by atoms with Crippen molar-refractivity contribution >= 4 is 11.6 Å². The average Bonchev–Trinajstić information content (AvgIpc) is 3.49. The van der Waals surface area contributed by atoms with Gasteiger partial charge in [0, 0.05) is 47.7 Å². The smallest absolute Gasteiger partial charge is 0.282 e. The molecular weight excluding hydrogens is 478 g/mol. The predicted octanol–water partition coefficient (Wildman–Crippen LogP) is 3.91. The van der Waals surface area contributed by atoms with Crippen molar-refractivity contribution in [1.82, 2.24) is 35.1 Å². The van der Waals surface area contributed by atoms with Crippen LogP contribution in [0.2, 0.25) is 5.02 Å². The number of H-pyrrole nitrogens is 2. The van der Waals surface area contributed by atoms with E-state index >= 15 is 0 Å². The zero-order valence-corrected chi connectivity index (χ0v) is 20.4. The molecule has 2 N–H and O–H groups in total. The number of hydrogen-bond acceptors (Lipinski definition) is 6. The Morgan fingerprint density at radius 2 is 1.75 bits per heavy atom. The Morgan fingerprint density at radius 3 is 2.50 bits per heavy atom. The van der Waals surface area contributed by atoms with E-state index in [1.807, 2.05) is 31.2 Å². The second-order valence-electron chi connectivity index (χ2n) is 8.84. The van der Waals surface area contributed by atoms with Gasteiger partial charge in [-0.2, -0.15) is 9.78 Å². The maximum absolute atomic E-state index is 13.1. The summed E-state index contributed by atoms with van der Waals surface area (Å²) < 4.78 is 6.87. The van der Waals surface area contributed by atoms with Crippen molar-refractivity contribution in [3.63, 3.8) is 0 Å². The quantitative estimate of drug-likeness (QED) is 0.378. The first-order valence-electron chi connectivity index (χ1n) is 11.8. The number of nitrogens with one attached hydrogen (secondary N) is 2. The molecule has 1 saturated heterocycles. The Kier molecular flexibility index (Phi) is 5.88. The fourth-order valence-electron chi connectivity index (χ4n) is 4.64. The largest absolute Gasteiger partial charge is 0.379 e. The van der Waals surface area contributed by atoms with Gasteiger partial charge in [-0.25, -0.2) is 0 Å². The first-order valence-corrected chi connectivity index (χ1v) is 12.1. The third-order valence-corrected chi connectivity index (χ3v) is 6.81. The Labute approximate surface area is 212 Å². The maximum Gasteiger partial charge on any atom is 0.282 e. The van der Waals surface area contributed by atoms with Gasteiger partial charge in [-0.3, -0.25) is 14.8 Å². The predicted molar refractivity (Wildman–Crippen MR) is 137 cm³/mol. The molecular formula is C26H24ClN7O2. The zero-order valence-electron chi connectivity index (χ0n) is 19.7. The highest BCUT2D eigenvalue weighted by atomic mass is 35.5. The number of hydrogen-bond donors (Lipinski definition) is 2. The lowest BCUT2D eigenvalue weighted by atomic mass is 9.97. The fraction of sp³-hybridized carbons (Fsp3) is 0.231. The molecule has 4 heterocycles. The lowest BCUT2D eigenvalue weighted by molar-refractivity contribution is 0.0337. The minimum Gasteiger partial charge on any atom is -0.379 e. The number of fused-ring (bicyclic) bond motifs is 1. The summed E-state index contributed by atoms with van der Waals surface area (Å²) >= 11 is 6.02. The molecule has 0 radical (unpaired) electrons. The lowest BCUT2D eigenvalue weighted by Crippen LogP contribution is -2.35. The Bertz CT molecular complexity index is 1530. The molecule has 3 aliphatic heterocycles. The van der Waals surface area contributed by atoms with Crippen LogP contribution in [0.5, 0.6) is 0 Å². The molecule has 6 rings (SSSR count). The zero-order chi connectivity index (χ0) is 24.6. The van der Waals surface area contributed by atoms with Crippen LogP contribution in [0, 0.1) is 6.92 Å². The maximum atomic E-state index is 13.1. The third kappa shape index (κ3) is 4.11. The van der Waals surface area contributed by atoms with E-state index in [0.29, 0.717) is 22.0 Å². The molecule has 1 fully saturated rings. The van der Waals surface area contributed by atoms with Crippen LogP contribution in [0.15, 0.2) is 59.5 Å². The Hall–Kier alpha value is -3.79. The van der Waals surface area contributed by atoms with Crippen molar-refractivity contribution < 1.29 is 4.74 Å². The molecule has 3 aliphatic rings. The van der Waals surface area contributed by atoms with Crippen molar-refractivity contribution in [3.8, 4) is 39.3 Å². The van der Waals surface area contributed by atoms with Crippen LogP contribution in [-0.4, -0.2) is 61.4 Å². The summed E-state index contributed by atoms with van der Waals surface area (Å²) in [6.45, 7) is 5.95. The number of nitrogens with zero attached hydrogens (tertiary/aromatic N) is 5. The van der Waals surface area contributed by atoms with Crippen LogP contribution in [0.1, 0.15) is 11.4 Å². The van der Waals surface area contributed by atoms with Gasteiger partial charge < -0.3 is 9.72 Å². The first kappa shape index (κ1) is 22.7. The molecule has 10 heteroatoms. The van der Waals surface area contributed by atoms with E-state index in [0.717, 1.165) is 66.6 Å². The van der Waals surface area contributed by atoms with Crippen molar-refractivity contribution in [2.75, 3.05) is 26.3 Å². The number of aromatic amines is 2. The van der Waals surface area contributed by atoms with E-state index < -0.39 is 0 Å². The van der Waals surface area contributed by atoms with Crippen molar-refractivity contribution in [2.45, 2.75) is 13.5 Å². The Balaban J connectivity index is 1.35. The van der Waals surface area contributed by atoms with Crippen molar-refractivity contribution in [3.05, 3.63) is 81.5 Å². The molecule has 0 amide bonds. The minimum atomic E-state index is -0.183. The number of halogens is 1. The molecule has 182 valence electrons. The molecule has 0 atom stereocenters. The summed E-state index contributed by atoms with van der Waals surface area (Å²) in [6, 6.07) is 15.2. The normalized spacial score (nSPS) is 14.5. The summed E-state index contributed by atoms with van der Waals surface area (Å²) in [7, 11) is 0. The Morgan fingerprint density at radius 1 is 1.03 bits per heavy atom. The summed E-state index contributed by atoms with van der Waals surface area (Å²) in [5.74, 6) is 0. The standard InChI is InChI=1S/C26H24ClN7O2/c1-16-23(25-21(14-28-16)26(35)34(31-25)20-8-6-19(27)7-9-20)17-2-4-18(5-3-17)24-22(29-32-30-24)15-33-10-12-36-13-11-33/h2-9,14,28H,10-13,15H2,1H3,(H,29,30,32). The van der Waals surface area contributed by atoms with E-state index in [1.54, 1.807) is 30.5 Å². The molecule has 3 aromatic rings. The van der Waals surface area contributed by atoms with Gasteiger partial charge in [-0.1, -0.05) is 41.1 Å². The van der Waals surface area contributed by atoms with Gasteiger partial charge in [-0.15, -0.1) is 5.10 Å². The molecule has 9 nitrogen and oxygen atoms in total. The summed E-state index contributed by atoms with van der Waals surface area (Å²) in [4.78, 5) is 18.7. The number of aromatic nitrogens is 6. The number of ether oxygens (including phenoxy) is 1. The molecule has 0 saturated carbocycles. The van der Waals surface area contributed by atoms with Crippen molar-refractivity contribution in [1.29, 1.82) is 0 Å². The highest BCUT2D eigenvalue weighted by Crippen LogP contribution is 2.34. The topological polar surface area (TPSA) is 105 Å². The average molecular weight is 502 g/mol. The van der Waals surface area contributed by atoms with Gasteiger partial charge in [0.05, 0.1) is 30.2 Å². The van der Waals surface area contributed by atoms with Gasteiger partial charge in [0.25, 0.3) is 5.56 Å². The van der Waals surface area contributed by atoms with E-state index in [2.05, 4.69) is 25.3 Å².